The average Bonchev–Trinajstić information content (AvgIpc) is 3.17. The maximum Gasteiger partial charge on any atom is 0.333 e. The minimum Gasteiger partial charge on any atom is -0.490 e. The minimum atomic E-state index is -1.65. The van der Waals surface area contributed by atoms with Crippen LogP contribution >= 0.6 is 11.8 Å². The van der Waals surface area contributed by atoms with Gasteiger partial charge in [-0.15, -0.1) is 0 Å². The largest absolute Gasteiger partial charge is 0.490 e. The first-order chi connectivity index (χ1) is 17.0. The van der Waals surface area contributed by atoms with E-state index in [0.29, 0.717) is 11.8 Å². The molecule has 0 spiro atoms. The van der Waals surface area contributed by atoms with Gasteiger partial charge in [0, 0.05) is 12.8 Å². The molecule has 3 aromatic rings. The molecule has 0 saturated carbocycles. The SMILES string of the molecule is O=C1NC(=O)[C@](Cc2ccc3c(c2)CC[C@H](Cc2ccccc2)O3)(C(=O)OCc2ccccc2)S1. The van der Waals surface area contributed by atoms with Crippen molar-refractivity contribution < 1.29 is 23.9 Å². The van der Waals surface area contributed by atoms with Gasteiger partial charge in [-0.05, 0) is 52.9 Å². The van der Waals surface area contributed by atoms with E-state index in [0.717, 1.165) is 41.7 Å². The standard InChI is InChI=1S/C28H25NO5S/c30-25-28(35-27(32)29-25,26(31)33-18-20-9-5-2-6-10-20)17-21-11-14-24-22(15-21)12-13-23(34-24)16-19-7-3-1-4-8-19/h1-11,14-15,23H,12-13,16-18H2,(H,29,30,32)/t23-,28-/m1/s1. The molecule has 2 amide bonds. The Balaban J connectivity index is 1.31. The lowest BCUT2D eigenvalue weighted by atomic mass is 9.92. The second kappa shape index (κ2) is 9.96. The molecule has 0 aliphatic carbocycles. The number of imide groups is 1. The summed E-state index contributed by atoms with van der Waals surface area (Å²) in [5, 5.41) is 1.71. The van der Waals surface area contributed by atoms with Gasteiger partial charge in [0.05, 0.1) is 0 Å². The third-order valence-electron chi connectivity index (χ3n) is 6.31. The maximum atomic E-state index is 13.1. The highest BCUT2D eigenvalue weighted by Crippen LogP contribution is 2.38. The second-order valence-corrected chi connectivity index (χ2v) is 10.1. The Kier molecular flexibility index (Phi) is 6.59. The van der Waals surface area contributed by atoms with Crippen LogP contribution in [0.3, 0.4) is 0 Å². The smallest absolute Gasteiger partial charge is 0.333 e. The highest BCUT2D eigenvalue weighted by atomic mass is 32.2. The van der Waals surface area contributed by atoms with E-state index >= 15 is 0 Å². The highest BCUT2D eigenvalue weighted by Gasteiger charge is 2.55. The molecule has 0 aromatic heterocycles. The lowest BCUT2D eigenvalue weighted by Crippen LogP contribution is -2.46. The number of fused-ring (bicyclic) bond motifs is 1. The van der Waals surface area contributed by atoms with Crippen molar-refractivity contribution in [2.24, 2.45) is 0 Å². The maximum absolute atomic E-state index is 13.1. The van der Waals surface area contributed by atoms with Crippen LogP contribution in [0.25, 0.3) is 0 Å². The van der Waals surface area contributed by atoms with Crippen molar-refractivity contribution in [3.8, 4) is 5.75 Å². The third-order valence-corrected chi connectivity index (χ3v) is 7.44. The number of benzene rings is 3. The predicted octanol–water partition coefficient (Wildman–Crippen LogP) is 4.63. The molecule has 7 heteroatoms. The van der Waals surface area contributed by atoms with Gasteiger partial charge in [-0.2, -0.15) is 0 Å². The summed E-state index contributed by atoms with van der Waals surface area (Å²) in [6.07, 6.45) is 2.72. The molecular formula is C28H25NO5S. The molecule has 1 saturated heterocycles. The summed E-state index contributed by atoms with van der Waals surface area (Å²) in [5.74, 6) is -0.532. The van der Waals surface area contributed by atoms with Crippen molar-refractivity contribution in [3.05, 3.63) is 101 Å². The predicted molar refractivity (Wildman–Crippen MR) is 133 cm³/mol. The van der Waals surface area contributed by atoms with Gasteiger partial charge >= 0.3 is 5.97 Å². The Labute approximate surface area is 208 Å². The van der Waals surface area contributed by atoms with Gasteiger partial charge in [0.2, 0.25) is 4.75 Å². The lowest BCUT2D eigenvalue weighted by molar-refractivity contribution is -0.150. The molecule has 2 atom stereocenters. The average molecular weight is 488 g/mol. The first-order valence-corrected chi connectivity index (χ1v) is 12.4. The van der Waals surface area contributed by atoms with Gasteiger partial charge in [-0.3, -0.25) is 14.9 Å². The van der Waals surface area contributed by atoms with E-state index in [1.807, 2.05) is 66.7 Å². The van der Waals surface area contributed by atoms with Crippen molar-refractivity contribution in [2.75, 3.05) is 0 Å². The summed E-state index contributed by atoms with van der Waals surface area (Å²) in [6, 6.07) is 25.2. The molecule has 5 rings (SSSR count). The van der Waals surface area contributed by atoms with Crippen molar-refractivity contribution in [1.29, 1.82) is 0 Å². The van der Waals surface area contributed by atoms with Gasteiger partial charge < -0.3 is 9.47 Å². The zero-order chi connectivity index (χ0) is 24.3. The number of carbonyl (C=O) groups excluding carboxylic acids is 3. The number of amides is 2. The van der Waals surface area contributed by atoms with E-state index in [-0.39, 0.29) is 19.1 Å². The summed E-state index contributed by atoms with van der Waals surface area (Å²) >= 11 is 0.693. The number of thioether (sulfide) groups is 1. The fourth-order valence-electron chi connectivity index (χ4n) is 4.50. The van der Waals surface area contributed by atoms with Crippen LogP contribution in [-0.2, 0) is 40.2 Å². The summed E-state index contributed by atoms with van der Waals surface area (Å²) < 4.78 is 10.1. The van der Waals surface area contributed by atoms with Gasteiger partial charge in [0.1, 0.15) is 18.5 Å². The van der Waals surface area contributed by atoms with Crippen LogP contribution in [0.15, 0.2) is 78.9 Å². The zero-order valence-electron chi connectivity index (χ0n) is 19.1. The van der Waals surface area contributed by atoms with Crippen LogP contribution in [0.4, 0.5) is 4.79 Å². The number of esters is 1. The van der Waals surface area contributed by atoms with Crippen LogP contribution in [-0.4, -0.2) is 28.0 Å². The lowest BCUT2D eigenvalue weighted by Gasteiger charge is -2.27. The Morgan fingerprint density at radius 3 is 2.37 bits per heavy atom. The van der Waals surface area contributed by atoms with Gasteiger partial charge in [0.25, 0.3) is 11.1 Å². The third kappa shape index (κ3) is 5.10. The molecule has 178 valence electrons. The van der Waals surface area contributed by atoms with Crippen LogP contribution < -0.4 is 10.1 Å². The molecule has 1 fully saturated rings. The number of rotatable bonds is 7. The fourth-order valence-corrected chi connectivity index (χ4v) is 5.49. The number of carbonyl (C=O) groups is 3. The number of hydrogen-bond donors (Lipinski definition) is 1. The minimum absolute atomic E-state index is 0.0320. The number of aryl methyl sites for hydroxylation is 1. The number of nitrogens with one attached hydrogen (secondary N) is 1. The quantitative estimate of drug-likeness (QED) is 0.387. The Morgan fingerprint density at radius 1 is 0.971 bits per heavy atom. The molecule has 0 unspecified atom stereocenters. The molecule has 35 heavy (non-hydrogen) atoms. The molecule has 3 aromatic carbocycles. The highest BCUT2D eigenvalue weighted by molar-refractivity contribution is 8.16. The Hall–Kier alpha value is -3.58. The van der Waals surface area contributed by atoms with E-state index in [9.17, 15) is 14.4 Å². The Bertz CT molecular complexity index is 1250. The van der Waals surface area contributed by atoms with Crippen LogP contribution in [0.2, 0.25) is 0 Å². The normalized spacial score (nSPS) is 21.1. The molecule has 0 radical (unpaired) electrons. The van der Waals surface area contributed by atoms with E-state index in [1.54, 1.807) is 0 Å². The van der Waals surface area contributed by atoms with Crippen molar-refractivity contribution >= 4 is 28.9 Å². The monoisotopic (exact) mass is 487 g/mol. The molecule has 2 aliphatic heterocycles. The van der Waals surface area contributed by atoms with Crippen LogP contribution in [0.5, 0.6) is 5.75 Å². The number of hydrogen-bond acceptors (Lipinski definition) is 6. The van der Waals surface area contributed by atoms with Gasteiger partial charge in [-0.25, -0.2) is 4.79 Å². The van der Waals surface area contributed by atoms with Gasteiger partial charge in [-0.1, -0.05) is 72.8 Å². The first-order valence-electron chi connectivity index (χ1n) is 11.6. The van der Waals surface area contributed by atoms with Gasteiger partial charge in [0.15, 0.2) is 0 Å². The number of ether oxygens (including phenoxy) is 2. The van der Waals surface area contributed by atoms with Crippen molar-refractivity contribution in [1.82, 2.24) is 5.32 Å². The summed E-state index contributed by atoms with van der Waals surface area (Å²) in [7, 11) is 0. The topological polar surface area (TPSA) is 81.7 Å². The summed E-state index contributed by atoms with van der Waals surface area (Å²) in [6.45, 7) is 0.0320. The molecule has 2 heterocycles. The first kappa shape index (κ1) is 23.2. The van der Waals surface area contributed by atoms with E-state index in [4.69, 9.17) is 9.47 Å². The van der Waals surface area contributed by atoms with Crippen molar-refractivity contribution in [2.45, 2.75) is 43.1 Å². The second-order valence-electron chi connectivity index (χ2n) is 8.82. The fraction of sp³-hybridized carbons (Fsp3) is 0.250. The Morgan fingerprint density at radius 2 is 1.69 bits per heavy atom. The molecule has 0 bridgehead atoms. The van der Waals surface area contributed by atoms with E-state index < -0.39 is 21.9 Å². The molecular weight excluding hydrogens is 462 g/mol. The molecule has 2 aliphatic rings. The zero-order valence-corrected chi connectivity index (χ0v) is 19.9. The van der Waals surface area contributed by atoms with Crippen molar-refractivity contribution in [3.63, 3.8) is 0 Å². The van der Waals surface area contributed by atoms with Crippen LogP contribution in [0, 0.1) is 0 Å². The summed E-state index contributed by atoms with van der Waals surface area (Å²) in [4.78, 5) is 38.0. The molecule has 1 N–H and O–H groups in total. The van der Waals surface area contributed by atoms with E-state index in [2.05, 4.69) is 17.4 Å². The van der Waals surface area contributed by atoms with Crippen LogP contribution in [0.1, 0.15) is 28.7 Å². The summed E-state index contributed by atoms with van der Waals surface area (Å²) in [5.41, 5.74) is 3.86. The molecule has 6 nitrogen and oxygen atoms in total. The van der Waals surface area contributed by atoms with E-state index in [1.165, 1.54) is 5.56 Å².